The monoisotopic (exact) mass is 215 g/mol. The standard InChI is InChI=1S/C11H17NO.ClH/c1-8(2)11(13)10(12)9-6-4-3-5-7-9;/h3-8,10-11,13H,12H2,1-2H3;1H/t10-,11+;/m0./s1. The largest absolute Gasteiger partial charge is 0.391 e. The first-order valence-corrected chi connectivity index (χ1v) is 4.61. The summed E-state index contributed by atoms with van der Waals surface area (Å²) in [6, 6.07) is 9.41. The van der Waals surface area contributed by atoms with E-state index in [0.29, 0.717) is 0 Å². The fraction of sp³-hybridized carbons (Fsp3) is 0.455. The van der Waals surface area contributed by atoms with E-state index in [1.165, 1.54) is 0 Å². The molecule has 0 saturated heterocycles. The highest BCUT2D eigenvalue weighted by Gasteiger charge is 2.19. The molecule has 0 bridgehead atoms. The van der Waals surface area contributed by atoms with Gasteiger partial charge in [-0.2, -0.15) is 0 Å². The van der Waals surface area contributed by atoms with E-state index in [-0.39, 0.29) is 24.4 Å². The topological polar surface area (TPSA) is 46.2 Å². The van der Waals surface area contributed by atoms with Gasteiger partial charge in [-0.1, -0.05) is 44.2 Å². The van der Waals surface area contributed by atoms with Crippen LogP contribution in [-0.4, -0.2) is 11.2 Å². The second-order valence-corrected chi connectivity index (χ2v) is 3.67. The molecule has 80 valence electrons. The summed E-state index contributed by atoms with van der Waals surface area (Å²) in [7, 11) is 0. The van der Waals surface area contributed by atoms with Gasteiger partial charge in [0.05, 0.1) is 12.1 Å². The Bertz CT molecular complexity index is 251. The van der Waals surface area contributed by atoms with Gasteiger partial charge in [-0.15, -0.1) is 12.4 Å². The van der Waals surface area contributed by atoms with Crippen molar-refractivity contribution in [3.8, 4) is 0 Å². The Kier molecular flexibility index (Phi) is 5.77. The summed E-state index contributed by atoms with van der Waals surface area (Å²) in [5.74, 6) is 0.190. The van der Waals surface area contributed by atoms with Gasteiger partial charge in [0.1, 0.15) is 0 Å². The summed E-state index contributed by atoms with van der Waals surface area (Å²) >= 11 is 0. The Hall–Kier alpha value is -0.570. The molecule has 2 atom stereocenters. The molecule has 0 fully saturated rings. The van der Waals surface area contributed by atoms with Gasteiger partial charge >= 0.3 is 0 Å². The third-order valence-corrected chi connectivity index (χ3v) is 2.24. The molecular weight excluding hydrogens is 198 g/mol. The van der Waals surface area contributed by atoms with E-state index in [1.54, 1.807) is 0 Å². The van der Waals surface area contributed by atoms with Crippen molar-refractivity contribution in [3.63, 3.8) is 0 Å². The number of rotatable bonds is 3. The number of benzene rings is 1. The van der Waals surface area contributed by atoms with Gasteiger partial charge in [0.25, 0.3) is 0 Å². The zero-order valence-electron chi connectivity index (χ0n) is 8.55. The van der Waals surface area contributed by atoms with Crippen LogP contribution < -0.4 is 5.73 Å². The van der Waals surface area contributed by atoms with Crippen LogP contribution in [-0.2, 0) is 0 Å². The van der Waals surface area contributed by atoms with E-state index in [2.05, 4.69) is 0 Å². The smallest absolute Gasteiger partial charge is 0.0755 e. The van der Waals surface area contributed by atoms with Crippen LogP contribution in [0.5, 0.6) is 0 Å². The number of nitrogens with two attached hydrogens (primary N) is 1. The molecule has 1 rings (SSSR count). The van der Waals surface area contributed by atoms with Gasteiger partial charge in [-0.3, -0.25) is 0 Å². The maximum atomic E-state index is 9.72. The Balaban J connectivity index is 0.00000169. The summed E-state index contributed by atoms with van der Waals surface area (Å²) in [5.41, 5.74) is 6.88. The molecule has 1 aromatic carbocycles. The van der Waals surface area contributed by atoms with Crippen molar-refractivity contribution in [2.75, 3.05) is 0 Å². The molecule has 0 aliphatic carbocycles. The SMILES string of the molecule is CC(C)[C@@H](O)[C@@H](N)c1ccccc1.Cl. The van der Waals surface area contributed by atoms with Gasteiger partial charge in [0, 0.05) is 0 Å². The summed E-state index contributed by atoms with van der Waals surface area (Å²) in [5, 5.41) is 9.72. The fourth-order valence-corrected chi connectivity index (χ4v) is 1.29. The highest BCUT2D eigenvalue weighted by atomic mass is 35.5. The van der Waals surface area contributed by atoms with Crippen molar-refractivity contribution in [2.24, 2.45) is 11.7 Å². The lowest BCUT2D eigenvalue weighted by Gasteiger charge is -2.22. The van der Waals surface area contributed by atoms with Crippen LogP contribution in [0, 0.1) is 5.92 Å². The van der Waals surface area contributed by atoms with Crippen LogP contribution in [0.3, 0.4) is 0 Å². The van der Waals surface area contributed by atoms with Crippen molar-refractivity contribution in [1.29, 1.82) is 0 Å². The maximum absolute atomic E-state index is 9.72. The predicted octanol–water partition coefficient (Wildman–Crippen LogP) is 2.13. The lowest BCUT2D eigenvalue weighted by molar-refractivity contribution is 0.0979. The minimum absolute atomic E-state index is 0. The van der Waals surface area contributed by atoms with E-state index in [4.69, 9.17) is 5.73 Å². The third kappa shape index (κ3) is 3.29. The molecule has 0 amide bonds. The minimum atomic E-state index is -0.470. The van der Waals surface area contributed by atoms with E-state index in [9.17, 15) is 5.11 Å². The average Bonchev–Trinajstić information content (AvgIpc) is 2.17. The summed E-state index contributed by atoms with van der Waals surface area (Å²) in [6.45, 7) is 3.93. The van der Waals surface area contributed by atoms with Crippen molar-refractivity contribution in [3.05, 3.63) is 35.9 Å². The van der Waals surface area contributed by atoms with Crippen LogP contribution in [0.4, 0.5) is 0 Å². The summed E-state index contributed by atoms with van der Waals surface area (Å²) in [6.07, 6.45) is -0.470. The summed E-state index contributed by atoms with van der Waals surface area (Å²) in [4.78, 5) is 0. The van der Waals surface area contributed by atoms with E-state index in [0.717, 1.165) is 5.56 Å². The molecule has 0 unspecified atom stereocenters. The molecule has 0 aliphatic rings. The van der Waals surface area contributed by atoms with Gasteiger partial charge in [0.2, 0.25) is 0 Å². The van der Waals surface area contributed by atoms with Gasteiger partial charge in [0.15, 0.2) is 0 Å². The molecule has 3 heteroatoms. The molecule has 0 radical (unpaired) electrons. The highest BCUT2D eigenvalue weighted by Crippen LogP contribution is 2.18. The van der Waals surface area contributed by atoms with Crippen molar-refractivity contribution in [2.45, 2.75) is 26.0 Å². The zero-order valence-corrected chi connectivity index (χ0v) is 9.37. The second kappa shape index (κ2) is 6.02. The molecule has 14 heavy (non-hydrogen) atoms. The molecular formula is C11H18ClNO. The first kappa shape index (κ1) is 13.4. The molecule has 0 heterocycles. The van der Waals surface area contributed by atoms with Gasteiger partial charge < -0.3 is 10.8 Å². The molecule has 2 nitrogen and oxygen atoms in total. The van der Waals surface area contributed by atoms with Crippen molar-refractivity contribution >= 4 is 12.4 Å². The van der Waals surface area contributed by atoms with Gasteiger partial charge in [-0.25, -0.2) is 0 Å². The molecule has 3 N–H and O–H groups in total. The van der Waals surface area contributed by atoms with Crippen molar-refractivity contribution < 1.29 is 5.11 Å². The van der Waals surface area contributed by atoms with E-state index in [1.807, 2.05) is 44.2 Å². The number of halogens is 1. The fourth-order valence-electron chi connectivity index (χ4n) is 1.29. The third-order valence-electron chi connectivity index (χ3n) is 2.24. The second-order valence-electron chi connectivity index (χ2n) is 3.67. The van der Waals surface area contributed by atoms with Crippen LogP contribution in [0.1, 0.15) is 25.5 Å². The number of aliphatic hydroxyl groups is 1. The zero-order chi connectivity index (χ0) is 9.84. The molecule has 0 spiro atoms. The predicted molar refractivity (Wildman–Crippen MR) is 61.5 cm³/mol. The van der Waals surface area contributed by atoms with Crippen LogP contribution >= 0.6 is 12.4 Å². The van der Waals surface area contributed by atoms with Crippen LogP contribution in [0.2, 0.25) is 0 Å². The average molecular weight is 216 g/mol. The first-order chi connectivity index (χ1) is 6.13. The number of hydrogen-bond donors (Lipinski definition) is 2. The lowest BCUT2D eigenvalue weighted by Crippen LogP contribution is -2.30. The Morgan fingerprint density at radius 3 is 2.07 bits per heavy atom. The molecule has 0 saturated carbocycles. The van der Waals surface area contributed by atoms with Crippen LogP contribution in [0.25, 0.3) is 0 Å². The van der Waals surface area contributed by atoms with Crippen LogP contribution in [0.15, 0.2) is 30.3 Å². The Morgan fingerprint density at radius 2 is 1.64 bits per heavy atom. The van der Waals surface area contributed by atoms with E-state index < -0.39 is 6.10 Å². The van der Waals surface area contributed by atoms with E-state index >= 15 is 0 Å². The highest BCUT2D eigenvalue weighted by molar-refractivity contribution is 5.85. The quantitative estimate of drug-likeness (QED) is 0.812. The normalized spacial score (nSPS) is 14.6. The summed E-state index contributed by atoms with van der Waals surface area (Å²) < 4.78 is 0. The van der Waals surface area contributed by atoms with Crippen molar-refractivity contribution in [1.82, 2.24) is 0 Å². The Labute approximate surface area is 91.5 Å². The lowest BCUT2D eigenvalue weighted by atomic mass is 9.95. The first-order valence-electron chi connectivity index (χ1n) is 4.61. The maximum Gasteiger partial charge on any atom is 0.0755 e. The number of hydrogen-bond acceptors (Lipinski definition) is 2. The number of aliphatic hydroxyl groups excluding tert-OH is 1. The minimum Gasteiger partial charge on any atom is -0.391 e. The molecule has 1 aromatic rings. The Morgan fingerprint density at radius 1 is 1.14 bits per heavy atom. The molecule has 0 aromatic heterocycles. The molecule has 0 aliphatic heterocycles. The van der Waals surface area contributed by atoms with Gasteiger partial charge in [-0.05, 0) is 11.5 Å².